The molecule has 4 rings (SSSR count). The number of aromatic hydroxyl groups is 1. The molecular formula is C18H14ClN5O3. The summed E-state index contributed by atoms with van der Waals surface area (Å²) in [5.41, 5.74) is 3.06. The van der Waals surface area contributed by atoms with Crippen LogP contribution in [0.15, 0.2) is 63.5 Å². The topological polar surface area (TPSA) is 112 Å². The summed E-state index contributed by atoms with van der Waals surface area (Å²) >= 11 is 5.87. The van der Waals surface area contributed by atoms with Gasteiger partial charge in [-0.1, -0.05) is 17.7 Å². The smallest absolute Gasteiger partial charge is 0.335 e. The first-order valence-corrected chi connectivity index (χ1v) is 8.49. The molecule has 3 heterocycles. The third-order valence-corrected chi connectivity index (χ3v) is 4.55. The minimum absolute atomic E-state index is 0.0524. The Hall–Kier alpha value is -3.39. The van der Waals surface area contributed by atoms with Crippen LogP contribution in [0.1, 0.15) is 23.6 Å². The van der Waals surface area contributed by atoms with Crippen LogP contribution in [0.25, 0.3) is 5.69 Å². The van der Waals surface area contributed by atoms with E-state index in [9.17, 15) is 14.7 Å². The number of hydrogen-bond donors (Lipinski definition) is 3. The summed E-state index contributed by atoms with van der Waals surface area (Å²) in [6, 6.07) is 9.82. The molecule has 2 aromatic heterocycles. The van der Waals surface area contributed by atoms with Crippen molar-refractivity contribution in [3.8, 4) is 11.6 Å². The van der Waals surface area contributed by atoms with Crippen LogP contribution in [0.4, 0.5) is 0 Å². The SMILES string of the molecule is O=c1[nH]c(=O)n(-c2ccc(Cl)cc2)c(O)c1C1=NN[C@H](c2cccnc2)C1. The molecule has 0 saturated heterocycles. The molecule has 3 aromatic rings. The van der Waals surface area contributed by atoms with Crippen molar-refractivity contribution in [2.75, 3.05) is 0 Å². The van der Waals surface area contributed by atoms with Gasteiger partial charge < -0.3 is 10.5 Å². The fraction of sp³-hybridized carbons (Fsp3) is 0.111. The van der Waals surface area contributed by atoms with Gasteiger partial charge in [-0.15, -0.1) is 0 Å². The number of pyridine rings is 1. The van der Waals surface area contributed by atoms with Gasteiger partial charge in [-0.05, 0) is 35.9 Å². The standard InChI is InChI=1S/C18H14ClN5O3/c19-11-3-5-12(6-4-11)24-17(26)15(16(25)21-18(24)27)14-8-13(22-23-14)10-2-1-7-20-9-10/h1-7,9,13,22,26H,8H2,(H,21,25,27)/t13-/m0/s1. The normalized spacial score (nSPS) is 16.0. The maximum absolute atomic E-state index is 12.4. The Bertz CT molecular complexity index is 1140. The minimum Gasteiger partial charge on any atom is -0.493 e. The lowest BCUT2D eigenvalue weighted by molar-refractivity contribution is 0.429. The van der Waals surface area contributed by atoms with Gasteiger partial charge in [0.05, 0.1) is 17.4 Å². The highest BCUT2D eigenvalue weighted by Gasteiger charge is 2.27. The van der Waals surface area contributed by atoms with Crippen LogP contribution in [0.2, 0.25) is 5.02 Å². The number of H-pyrrole nitrogens is 1. The molecule has 0 saturated carbocycles. The van der Waals surface area contributed by atoms with E-state index in [0.29, 0.717) is 22.8 Å². The lowest BCUT2D eigenvalue weighted by atomic mass is 10.0. The average molecular weight is 384 g/mol. The van der Waals surface area contributed by atoms with Crippen LogP contribution in [0.5, 0.6) is 5.88 Å². The average Bonchev–Trinajstić information content (AvgIpc) is 3.13. The van der Waals surface area contributed by atoms with E-state index in [0.717, 1.165) is 10.1 Å². The van der Waals surface area contributed by atoms with Gasteiger partial charge >= 0.3 is 5.69 Å². The number of aromatic amines is 1. The highest BCUT2D eigenvalue weighted by molar-refractivity contribution is 6.30. The van der Waals surface area contributed by atoms with E-state index < -0.39 is 17.1 Å². The lowest BCUT2D eigenvalue weighted by Gasteiger charge is -2.12. The summed E-state index contributed by atoms with van der Waals surface area (Å²) in [7, 11) is 0. The summed E-state index contributed by atoms with van der Waals surface area (Å²) in [4.78, 5) is 30.9. The number of hydrazone groups is 1. The molecule has 27 heavy (non-hydrogen) atoms. The third kappa shape index (κ3) is 3.11. The summed E-state index contributed by atoms with van der Waals surface area (Å²) in [6.07, 6.45) is 3.73. The zero-order valence-electron chi connectivity index (χ0n) is 13.9. The summed E-state index contributed by atoms with van der Waals surface area (Å²) < 4.78 is 1.01. The second kappa shape index (κ2) is 6.73. The number of hydrogen-bond acceptors (Lipinski definition) is 6. The molecule has 3 N–H and O–H groups in total. The van der Waals surface area contributed by atoms with Gasteiger partial charge in [0.2, 0.25) is 5.88 Å². The molecule has 0 spiro atoms. The third-order valence-electron chi connectivity index (χ3n) is 4.30. The van der Waals surface area contributed by atoms with E-state index in [1.165, 1.54) is 0 Å². The fourth-order valence-electron chi connectivity index (χ4n) is 2.99. The van der Waals surface area contributed by atoms with Gasteiger partial charge in [0.1, 0.15) is 5.56 Å². The van der Waals surface area contributed by atoms with Gasteiger partial charge in [0.25, 0.3) is 5.56 Å². The Morgan fingerprint density at radius 1 is 1.19 bits per heavy atom. The van der Waals surface area contributed by atoms with Crippen LogP contribution in [0.3, 0.4) is 0 Å². The quantitative estimate of drug-likeness (QED) is 0.637. The molecule has 0 fully saturated rings. The molecule has 1 aromatic carbocycles. The zero-order chi connectivity index (χ0) is 19.0. The number of nitrogens with one attached hydrogen (secondary N) is 2. The highest BCUT2D eigenvalue weighted by Crippen LogP contribution is 2.26. The summed E-state index contributed by atoms with van der Waals surface area (Å²) in [5.74, 6) is -0.474. The van der Waals surface area contributed by atoms with Crippen molar-refractivity contribution in [3.63, 3.8) is 0 Å². The first kappa shape index (κ1) is 17.0. The molecule has 0 amide bonds. The second-order valence-electron chi connectivity index (χ2n) is 6.00. The maximum Gasteiger partial charge on any atom is 0.335 e. The van der Waals surface area contributed by atoms with Crippen molar-refractivity contribution in [2.45, 2.75) is 12.5 Å². The first-order chi connectivity index (χ1) is 13.0. The first-order valence-electron chi connectivity index (χ1n) is 8.11. The number of halogens is 1. The van der Waals surface area contributed by atoms with Crippen molar-refractivity contribution >= 4 is 17.3 Å². The van der Waals surface area contributed by atoms with Crippen LogP contribution >= 0.6 is 11.6 Å². The van der Waals surface area contributed by atoms with Crippen LogP contribution in [0, 0.1) is 0 Å². The van der Waals surface area contributed by atoms with Gasteiger partial charge in [0, 0.05) is 23.8 Å². The Kier molecular flexibility index (Phi) is 4.25. The van der Waals surface area contributed by atoms with Crippen molar-refractivity contribution < 1.29 is 5.11 Å². The van der Waals surface area contributed by atoms with E-state index in [1.807, 2.05) is 6.07 Å². The molecule has 0 unspecified atom stereocenters. The summed E-state index contributed by atoms with van der Waals surface area (Å²) in [6.45, 7) is 0. The number of rotatable bonds is 3. The van der Waals surface area contributed by atoms with Crippen molar-refractivity contribution in [1.29, 1.82) is 0 Å². The zero-order valence-corrected chi connectivity index (χ0v) is 14.6. The molecule has 9 heteroatoms. The number of nitrogens with zero attached hydrogens (tertiary/aromatic N) is 3. The molecular weight excluding hydrogens is 370 g/mol. The van der Waals surface area contributed by atoms with E-state index in [1.54, 1.807) is 42.7 Å². The maximum atomic E-state index is 12.4. The van der Waals surface area contributed by atoms with E-state index in [-0.39, 0.29) is 11.6 Å². The minimum atomic E-state index is -0.751. The van der Waals surface area contributed by atoms with Crippen LogP contribution < -0.4 is 16.7 Å². The van der Waals surface area contributed by atoms with Gasteiger partial charge in [0.15, 0.2) is 0 Å². The van der Waals surface area contributed by atoms with Gasteiger partial charge in [-0.2, -0.15) is 5.10 Å². The predicted octanol–water partition coefficient (Wildman–Crippen LogP) is 1.72. The highest BCUT2D eigenvalue weighted by atomic mass is 35.5. The fourth-order valence-corrected chi connectivity index (χ4v) is 3.11. The van der Waals surface area contributed by atoms with Crippen molar-refractivity contribution in [3.05, 3.63) is 85.8 Å². The molecule has 1 aliphatic rings. The van der Waals surface area contributed by atoms with Gasteiger partial charge in [-0.25, -0.2) is 9.36 Å². The Labute approximate surface area is 157 Å². The van der Waals surface area contributed by atoms with E-state index >= 15 is 0 Å². The largest absolute Gasteiger partial charge is 0.493 e. The monoisotopic (exact) mass is 383 g/mol. The van der Waals surface area contributed by atoms with E-state index in [4.69, 9.17) is 11.6 Å². The van der Waals surface area contributed by atoms with Crippen molar-refractivity contribution in [1.82, 2.24) is 20.0 Å². The van der Waals surface area contributed by atoms with Crippen LogP contribution in [-0.4, -0.2) is 25.4 Å². The molecule has 0 aliphatic carbocycles. The Morgan fingerprint density at radius 2 is 1.96 bits per heavy atom. The van der Waals surface area contributed by atoms with Gasteiger partial charge in [-0.3, -0.25) is 14.8 Å². The predicted molar refractivity (Wildman–Crippen MR) is 101 cm³/mol. The van der Waals surface area contributed by atoms with Crippen molar-refractivity contribution in [2.24, 2.45) is 5.10 Å². The number of benzene rings is 1. The van der Waals surface area contributed by atoms with Crippen LogP contribution in [-0.2, 0) is 0 Å². The lowest BCUT2D eigenvalue weighted by Crippen LogP contribution is -2.33. The Balaban J connectivity index is 1.76. The van der Waals surface area contributed by atoms with E-state index in [2.05, 4.69) is 20.5 Å². The Morgan fingerprint density at radius 3 is 2.67 bits per heavy atom. The molecule has 0 bridgehead atoms. The molecule has 8 nitrogen and oxygen atoms in total. The molecule has 1 atom stereocenters. The second-order valence-corrected chi connectivity index (χ2v) is 6.44. The number of aromatic nitrogens is 3. The summed E-state index contributed by atoms with van der Waals surface area (Å²) in [5, 5.41) is 15.4. The molecule has 1 aliphatic heterocycles. The molecule has 0 radical (unpaired) electrons. The molecule has 136 valence electrons.